The third-order valence-electron chi connectivity index (χ3n) is 4.05. The number of hydrogen-bond acceptors (Lipinski definition) is 3. The lowest BCUT2D eigenvalue weighted by Gasteiger charge is -2.37. The topological polar surface area (TPSA) is 46.2 Å². The second kappa shape index (κ2) is 6.74. The van der Waals surface area contributed by atoms with Crippen molar-refractivity contribution in [1.29, 1.82) is 0 Å². The van der Waals surface area contributed by atoms with Crippen LogP contribution >= 0.6 is 0 Å². The first-order valence-corrected chi connectivity index (χ1v) is 8.77. The highest BCUT2D eigenvalue weighted by Crippen LogP contribution is 2.39. The number of nitrogens with one attached hydrogen (secondary N) is 1. The second-order valence-electron chi connectivity index (χ2n) is 5.33. The van der Waals surface area contributed by atoms with Crippen LogP contribution in [0.25, 0.3) is 0 Å². The van der Waals surface area contributed by atoms with E-state index >= 15 is 0 Å². The van der Waals surface area contributed by atoms with E-state index in [1.54, 1.807) is 6.92 Å². The van der Waals surface area contributed by atoms with Gasteiger partial charge in [-0.1, -0.05) is 33.1 Å². The Kier molecular flexibility index (Phi) is 5.93. The van der Waals surface area contributed by atoms with Gasteiger partial charge in [-0.25, -0.2) is 8.42 Å². The molecule has 0 bridgehead atoms. The highest BCUT2D eigenvalue weighted by molar-refractivity contribution is 7.91. The Morgan fingerprint density at radius 1 is 1.12 bits per heavy atom. The van der Waals surface area contributed by atoms with E-state index in [-0.39, 0.29) is 11.2 Å². The minimum Gasteiger partial charge on any atom is -0.316 e. The summed E-state index contributed by atoms with van der Waals surface area (Å²) in [5.41, 5.74) is 0.247. The lowest BCUT2D eigenvalue weighted by molar-refractivity contribution is 0.176. The summed E-state index contributed by atoms with van der Waals surface area (Å²) in [7, 11) is -2.81. The number of hydrogen-bond donors (Lipinski definition) is 1. The molecule has 0 heterocycles. The van der Waals surface area contributed by atoms with Crippen molar-refractivity contribution < 1.29 is 8.42 Å². The van der Waals surface area contributed by atoms with Crippen LogP contribution in [0.2, 0.25) is 0 Å². The molecule has 0 radical (unpaired) electrons. The van der Waals surface area contributed by atoms with Gasteiger partial charge < -0.3 is 5.32 Å². The van der Waals surface area contributed by atoms with Gasteiger partial charge in [-0.15, -0.1) is 0 Å². The van der Waals surface area contributed by atoms with Crippen molar-refractivity contribution in [2.75, 3.05) is 24.6 Å². The summed E-state index contributed by atoms with van der Waals surface area (Å²) in [5.74, 6) is 0.652. The minimum absolute atomic E-state index is 0.247. The van der Waals surface area contributed by atoms with Crippen molar-refractivity contribution in [2.24, 2.45) is 5.41 Å². The Hall–Kier alpha value is -0.0900. The maximum atomic E-state index is 11.6. The first-order chi connectivity index (χ1) is 8.04. The van der Waals surface area contributed by atoms with E-state index in [1.807, 2.05) is 0 Å². The molecular weight excluding hydrogens is 234 g/mol. The predicted octanol–water partition coefficient (Wildman–Crippen LogP) is 2.37. The molecule has 0 atom stereocenters. The summed E-state index contributed by atoms with van der Waals surface area (Å²) in [4.78, 5) is 0. The first kappa shape index (κ1) is 15.0. The van der Waals surface area contributed by atoms with Gasteiger partial charge in [-0.05, 0) is 31.2 Å². The fourth-order valence-electron chi connectivity index (χ4n) is 2.72. The molecule has 1 fully saturated rings. The summed E-state index contributed by atoms with van der Waals surface area (Å²) >= 11 is 0. The van der Waals surface area contributed by atoms with Crippen LogP contribution in [0.15, 0.2) is 0 Å². The Labute approximate surface area is 106 Å². The van der Waals surface area contributed by atoms with Crippen LogP contribution in [-0.4, -0.2) is 33.0 Å². The van der Waals surface area contributed by atoms with Gasteiger partial charge in [0.25, 0.3) is 0 Å². The lowest BCUT2D eigenvalue weighted by atomic mass is 9.72. The van der Waals surface area contributed by atoms with E-state index < -0.39 is 9.84 Å². The molecule has 0 aromatic rings. The largest absolute Gasteiger partial charge is 0.316 e. The zero-order chi connectivity index (χ0) is 12.8. The molecule has 1 N–H and O–H groups in total. The van der Waals surface area contributed by atoms with E-state index in [1.165, 1.54) is 32.1 Å². The van der Waals surface area contributed by atoms with E-state index in [0.717, 1.165) is 19.5 Å². The van der Waals surface area contributed by atoms with Gasteiger partial charge in [0.05, 0.1) is 5.75 Å². The van der Waals surface area contributed by atoms with Gasteiger partial charge in [0.15, 0.2) is 0 Å². The second-order valence-corrected chi connectivity index (χ2v) is 7.80. The molecule has 102 valence electrons. The molecule has 1 aliphatic carbocycles. The summed E-state index contributed by atoms with van der Waals surface area (Å²) in [6.07, 6.45) is 7.07. The van der Waals surface area contributed by atoms with Gasteiger partial charge in [0.1, 0.15) is 9.84 Å². The van der Waals surface area contributed by atoms with Crippen molar-refractivity contribution in [3.8, 4) is 0 Å². The summed E-state index contributed by atoms with van der Waals surface area (Å²) < 4.78 is 23.3. The zero-order valence-corrected chi connectivity index (χ0v) is 12.1. The molecule has 1 saturated carbocycles. The third kappa shape index (κ3) is 4.96. The standard InChI is InChI=1S/C13H27NO2S/c1-3-14-12-13(8-6-5-7-9-13)10-11-17(15,16)4-2/h14H,3-12H2,1-2H3. The lowest BCUT2D eigenvalue weighted by Crippen LogP contribution is -2.37. The fraction of sp³-hybridized carbons (Fsp3) is 1.00. The van der Waals surface area contributed by atoms with Crippen LogP contribution in [0.4, 0.5) is 0 Å². The van der Waals surface area contributed by atoms with Crippen LogP contribution in [0.5, 0.6) is 0 Å². The summed E-state index contributed by atoms with van der Waals surface area (Å²) in [6.45, 7) is 5.82. The highest BCUT2D eigenvalue weighted by Gasteiger charge is 2.32. The smallest absolute Gasteiger partial charge is 0.150 e. The van der Waals surface area contributed by atoms with Gasteiger partial charge >= 0.3 is 0 Å². The first-order valence-electron chi connectivity index (χ1n) is 6.95. The van der Waals surface area contributed by atoms with E-state index in [4.69, 9.17) is 0 Å². The van der Waals surface area contributed by atoms with Crippen LogP contribution in [0.3, 0.4) is 0 Å². The Balaban J connectivity index is 2.57. The molecule has 17 heavy (non-hydrogen) atoms. The fourth-order valence-corrected chi connectivity index (χ4v) is 3.76. The van der Waals surface area contributed by atoms with Crippen molar-refractivity contribution in [3.05, 3.63) is 0 Å². The molecule has 0 unspecified atom stereocenters. The predicted molar refractivity (Wildman–Crippen MR) is 73.0 cm³/mol. The Bertz CT molecular complexity index is 305. The molecule has 0 aliphatic heterocycles. The zero-order valence-electron chi connectivity index (χ0n) is 11.3. The molecule has 4 heteroatoms. The van der Waals surface area contributed by atoms with Crippen LogP contribution in [-0.2, 0) is 9.84 Å². The van der Waals surface area contributed by atoms with Gasteiger partial charge in [0.2, 0.25) is 0 Å². The SMILES string of the molecule is CCNCC1(CCS(=O)(=O)CC)CCCCC1. The summed E-state index contributed by atoms with van der Waals surface area (Å²) in [6, 6.07) is 0. The quantitative estimate of drug-likeness (QED) is 0.765. The van der Waals surface area contributed by atoms with Crippen LogP contribution in [0, 0.1) is 5.41 Å². The van der Waals surface area contributed by atoms with Crippen molar-refractivity contribution in [3.63, 3.8) is 0 Å². The van der Waals surface area contributed by atoms with Gasteiger partial charge in [-0.3, -0.25) is 0 Å². The molecular formula is C13H27NO2S. The van der Waals surface area contributed by atoms with Crippen LogP contribution < -0.4 is 5.32 Å². The molecule has 3 nitrogen and oxygen atoms in total. The normalized spacial score (nSPS) is 20.4. The maximum Gasteiger partial charge on any atom is 0.150 e. The maximum absolute atomic E-state index is 11.6. The van der Waals surface area contributed by atoms with Crippen molar-refractivity contribution in [1.82, 2.24) is 5.32 Å². The van der Waals surface area contributed by atoms with Crippen LogP contribution in [0.1, 0.15) is 52.4 Å². The Morgan fingerprint density at radius 2 is 1.76 bits per heavy atom. The van der Waals surface area contributed by atoms with Crippen molar-refractivity contribution in [2.45, 2.75) is 52.4 Å². The minimum atomic E-state index is -2.81. The van der Waals surface area contributed by atoms with Gasteiger partial charge in [0, 0.05) is 12.3 Å². The molecule has 0 saturated heterocycles. The van der Waals surface area contributed by atoms with Crippen molar-refractivity contribution >= 4 is 9.84 Å². The number of rotatable bonds is 7. The van der Waals surface area contributed by atoms with E-state index in [2.05, 4.69) is 12.2 Å². The average Bonchev–Trinajstić information content (AvgIpc) is 2.36. The highest BCUT2D eigenvalue weighted by atomic mass is 32.2. The molecule has 0 aromatic heterocycles. The average molecular weight is 261 g/mol. The summed E-state index contributed by atoms with van der Waals surface area (Å²) in [5, 5.41) is 3.42. The molecule has 0 spiro atoms. The molecule has 1 rings (SSSR count). The monoisotopic (exact) mass is 261 g/mol. The third-order valence-corrected chi connectivity index (χ3v) is 5.75. The Morgan fingerprint density at radius 3 is 2.29 bits per heavy atom. The van der Waals surface area contributed by atoms with E-state index in [0.29, 0.717) is 5.75 Å². The van der Waals surface area contributed by atoms with Gasteiger partial charge in [-0.2, -0.15) is 0 Å². The molecule has 0 amide bonds. The van der Waals surface area contributed by atoms with E-state index in [9.17, 15) is 8.42 Å². The number of sulfone groups is 1. The molecule has 0 aromatic carbocycles. The molecule has 1 aliphatic rings.